The molecule has 0 heterocycles. The molecule has 21 heavy (non-hydrogen) atoms. The van der Waals surface area contributed by atoms with E-state index in [0.717, 1.165) is 23.7 Å². The van der Waals surface area contributed by atoms with Crippen LogP contribution < -0.4 is 11.1 Å². The van der Waals surface area contributed by atoms with Gasteiger partial charge in [0.2, 0.25) is 0 Å². The van der Waals surface area contributed by atoms with Gasteiger partial charge in [-0.25, -0.2) is 0 Å². The van der Waals surface area contributed by atoms with Crippen molar-refractivity contribution >= 4 is 0 Å². The molecule has 0 spiro atoms. The first-order valence-corrected chi connectivity index (χ1v) is 9.45. The van der Waals surface area contributed by atoms with Crippen LogP contribution >= 0.6 is 0 Å². The molecule has 2 bridgehead atoms. The lowest BCUT2D eigenvalue weighted by atomic mass is 9.83. The zero-order valence-electron chi connectivity index (χ0n) is 14.9. The SMILES string of the molecule is CCC(C)CC(C(C)N)C(C)N[C@@H](C)C1C2CCC1CC2. The second kappa shape index (κ2) is 7.46. The number of rotatable bonds is 8. The predicted octanol–water partition coefficient (Wildman–Crippen LogP) is 4.19. The summed E-state index contributed by atoms with van der Waals surface area (Å²) in [6.45, 7) is 11.6. The topological polar surface area (TPSA) is 38.0 Å². The maximum absolute atomic E-state index is 6.30. The summed E-state index contributed by atoms with van der Waals surface area (Å²) in [5.74, 6) is 4.33. The Balaban J connectivity index is 1.90. The molecule has 0 aromatic rings. The summed E-state index contributed by atoms with van der Waals surface area (Å²) in [5.41, 5.74) is 6.30. The Morgan fingerprint density at radius 1 is 1.00 bits per heavy atom. The number of nitrogens with one attached hydrogen (secondary N) is 1. The lowest BCUT2D eigenvalue weighted by molar-refractivity contribution is 0.216. The Morgan fingerprint density at radius 3 is 1.95 bits per heavy atom. The fourth-order valence-electron chi connectivity index (χ4n) is 5.27. The Morgan fingerprint density at radius 2 is 1.52 bits per heavy atom. The van der Waals surface area contributed by atoms with E-state index in [4.69, 9.17) is 5.73 Å². The van der Waals surface area contributed by atoms with Crippen LogP contribution in [-0.2, 0) is 0 Å². The van der Waals surface area contributed by atoms with E-state index in [1.54, 1.807) is 0 Å². The van der Waals surface area contributed by atoms with Gasteiger partial charge in [0, 0.05) is 18.1 Å². The molecule has 2 nitrogen and oxygen atoms in total. The van der Waals surface area contributed by atoms with Gasteiger partial charge in [-0.2, -0.15) is 0 Å². The van der Waals surface area contributed by atoms with Crippen molar-refractivity contribution in [1.29, 1.82) is 0 Å². The van der Waals surface area contributed by atoms with Crippen molar-refractivity contribution in [2.45, 2.75) is 91.3 Å². The Hall–Kier alpha value is -0.0800. The summed E-state index contributed by atoms with van der Waals surface area (Å²) in [7, 11) is 0. The largest absolute Gasteiger partial charge is 0.328 e. The minimum absolute atomic E-state index is 0.286. The molecule has 0 aliphatic heterocycles. The van der Waals surface area contributed by atoms with Crippen LogP contribution in [0.25, 0.3) is 0 Å². The standard InChI is InChI=1S/C19H38N2/c1-6-12(2)11-18(13(3)20)14(4)21-15(5)19-16-7-8-17(19)10-9-16/h12-19,21H,6-11,20H2,1-5H3/t12?,13?,14?,15-,16?,17?,18?,19?/m0/s1. The van der Waals surface area contributed by atoms with Crippen molar-refractivity contribution in [1.82, 2.24) is 5.32 Å². The van der Waals surface area contributed by atoms with Crippen molar-refractivity contribution in [2.24, 2.45) is 35.3 Å². The van der Waals surface area contributed by atoms with E-state index in [-0.39, 0.29) is 6.04 Å². The summed E-state index contributed by atoms with van der Waals surface area (Å²) >= 11 is 0. The van der Waals surface area contributed by atoms with E-state index in [0.29, 0.717) is 18.0 Å². The van der Waals surface area contributed by atoms with Crippen molar-refractivity contribution < 1.29 is 0 Å². The smallest absolute Gasteiger partial charge is 0.00843 e. The first-order chi connectivity index (χ1) is 9.93. The van der Waals surface area contributed by atoms with E-state index >= 15 is 0 Å². The number of hydrogen-bond donors (Lipinski definition) is 2. The van der Waals surface area contributed by atoms with Crippen LogP contribution in [0.15, 0.2) is 0 Å². The molecule has 0 aromatic heterocycles. The molecule has 2 saturated carbocycles. The first-order valence-electron chi connectivity index (χ1n) is 9.45. The normalized spacial score (nSPS) is 35.4. The quantitative estimate of drug-likeness (QED) is 0.704. The highest BCUT2D eigenvalue weighted by Crippen LogP contribution is 2.50. The van der Waals surface area contributed by atoms with Crippen molar-refractivity contribution in [3.05, 3.63) is 0 Å². The van der Waals surface area contributed by atoms with Gasteiger partial charge < -0.3 is 11.1 Å². The Bertz CT molecular complexity index is 295. The van der Waals surface area contributed by atoms with Crippen LogP contribution in [0.3, 0.4) is 0 Å². The van der Waals surface area contributed by atoms with Crippen molar-refractivity contribution in [3.63, 3.8) is 0 Å². The summed E-state index contributed by atoms with van der Waals surface area (Å²) in [6.07, 6.45) is 8.46. The fourth-order valence-corrected chi connectivity index (χ4v) is 5.27. The van der Waals surface area contributed by atoms with Gasteiger partial charge in [0.15, 0.2) is 0 Å². The lowest BCUT2D eigenvalue weighted by Crippen LogP contribution is -2.49. The minimum atomic E-state index is 0.286. The van der Waals surface area contributed by atoms with Crippen molar-refractivity contribution in [2.75, 3.05) is 0 Å². The van der Waals surface area contributed by atoms with E-state index in [1.807, 2.05) is 0 Å². The van der Waals surface area contributed by atoms with Crippen LogP contribution in [0.1, 0.15) is 73.1 Å². The molecule has 2 aliphatic rings. The van der Waals surface area contributed by atoms with Gasteiger partial charge in [0.05, 0.1) is 0 Å². The molecule has 0 saturated heterocycles. The van der Waals surface area contributed by atoms with E-state index < -0.39 is 0 Å². The third-order valence-corrected chi connectivity index (χ3v) is 6.70. The molecule has 0 aromatic carbocycles. The molecule has 2 heteroatoms. The molecule has 3 N–H and O–H groups in total. The highest BCUT2D eigenvalue weighted by atomic mass is 15.0. The van der Waals surface area contributed by atoms with Gasteiger partial charge in [-0.05, 0) is 82.5 Å². The first kappa shape index (κ1) is 17.3. The molecule has 0 amide bonds. The maximum atomic E-state index is 6.30. The number of hydrogen-bond acceptors (Lipinski definition) is 2. The van der Waals surface area contributed by atoms with E-state index in [2.05, 4.69) is 39.9 Å². The fraction of sp³-hybridized carbons (Fsp3) is 1.00. The molecule has 4 unspecified atom stereocenters. The molecular weight excluding hydrogens is 256 g/mol. The predicted molar refractivity (Wildman–Crippen MR) is 92.2 cm³/mol. The van der Waals surface area contributed by atoms with Gasteiger partial charge in [0.25, 0.3) is 0 Å². The molecule has 2 aliphatic carbocycles. The lowest BCUT2D eigenvalue weighted by Gasteiger charge is -2.35. The van der Waals surface area contributed by atoms with Crippen LogP contribution in [0.2, 0.25) is 0 Å². The highest BCUT2D eigenvalue weighted by Gasteiger charge is 2.44. The second-order valence-corrected chi connectivity index (χ2v) is 8.27. The molecule has 2 rings (SSSR count). The highest BCUT2D eigenvalue weighted by molar-refractivity contribution is 4.97. The third kappa shape index (κ3) is 4.01. The number of fused-ring (bicyclic) bond motifs is 2. The van der Waals surface area contributed by atoms with Gasteiger partial charge in [0.1, 0.15) is 0 Å². The zero-order chi connectivity index (χ0) is 15.6. The monoisotopic (exact) mass is 294 g/mol. The summed E-state index contributed by atoms with van der Waals surface area (Å²) in [4.78, 5) is 0. The van der Waals surface area contributed by atoms with Crippen LogP contribution in [0.4, 0.5) is 0 Å². The summed E-state index contributed by atoms with van der Waals surface area (Å²) in [6, 6.07) is 1.49. The molecule has 5 atom stereocenters. The van der Waals surface area contributed by atoms with E-state index in [9.17, 15) is 0 Å². The van der Waals surface area contributed by atoms with Crippen LogP contribution in [0.5, 0.6) is 0 Å². The van der Waals surface area contributed by atoms with Gasteiger partial charge in [-0.1, -0.05) is 20.3 Å². The van der Waals surface area contributed by atoms with Gasteiger partial charge in [-0.15, -0.1) is 0 Å². The average Bonchev–Trinajstić information content (AvgIpc) is 3.03. The second-order valence-electron chi connectivity index (χ2n) is 8.27. The molecule has 0 radical (unpaired) electrons. The zero-order valence-corrected chi connectivity index (χ0v) is 14.9. The van der Waals surface area contributed by atoms with Crippen LogP contribution in [-0.4, -0.2) is 18.1 Å². The Labute approximate surface area is 132 Å². The third-order valence-electron chi connectivity index (χ3n) is 6.70. The van der Waals surface area contributed by atoms with Crippen LogP contribution in [0, 0.1) is 29.6 Å². The Kier molecular flexibility index (Phi) is 6.14. The van der Waals surface area contributed by atoms with Gasteiger partial charge >= 0.3 is 0 Å². The van der Waals surface area contributed by atoms with E-state index in [1.165, 1.54) is 38.5 Å². The van der Waals surface area contributed by atoms with Crippen molar-refractivity contribution in [3.8, 4) is 0 Å². The number of nitrogens with two attached hydrogens (primary N) is 1. The molecular formula is C19H38N2. The molecule has 2 fully saturated rings. The summed E-state index contributed by atoms with van der Waals surface area (Å²) in [5, 5.41) is 3.95. The minimum Gasteiger partial charge on any atom is -0.328 e. The van der Waals surface area contributed by atoms with Gasteiger partial charge in [-0.3, -0.25) is 0 Å². The maximum Gasteiger partial charge on any atom is 0.00843 e. The molecule has 124 valence electrons. The average molecular weight is 295 g/mol. The summed E-state index contributed by atoms with van der Waals surface area (Å²) < 4.78 is 0.